The molecule has 1 aliphatic heterocycles. The molecule has 3 aromatic rings. The highest BCUT2D eigenvalue weighted by atomic mass is 79.9. The molecule has 31 heavy (non-hydrogen) atoms. The Balaban J connectivity index is 1.35. The highest BCUT2D eigenvalue weighted by Crippen LogP contribution is 2.36. The van der Waals surface area contributed by atoms with Crippen molar-refractivity contribution in [2.24, 2.45) is 0 Å². The Bertz CT molecular complexity index is 1100. The van der Waals surface area contributed by atoms with Gasteiger partial charge in [0, 0.05) is 4.47 Å². The maximum Gasteiger partial charge on any atom is 0.270 e. The second kappa shape index (κ2) is 10.1. The van der Waals surface area contributed by atoms with Crippen molar-refractivity contribution in [1.82, 2.24) is 0 Å². The molecule has 0 aromatic heterocycles. The number of thiocarbonyl (C=S) groups is 1. The zero-order valence-electron chi connectivity index (χ0n) is 16.4. The van der Waals surface area contributed by atoms with Gasteiger partial charge in [-0.2, -0.15) is 0 Å². The summed E-state index contributed by atoms with van der Waals surface area (Å²) >= 11 is 10.1. The summed E-state index contributed by atoms with van der Waals surface area (Å²) in [5, 5.41) is 0. The van der Waals surface area contributed by atoms with Gasteiger partial charge >= 0.3 is 0 Å². The van der Waals surface area contributed by atoms with Gasteiger partial charge in [-0.25, -0.2) is 0 Å². The summed E-state index contributed by atoms with van der Waals surface area (Å²) in [5.74, 6) is 1.45. The lowest BCUT2D eigenvalue weighted by atomic mass is 10.2. The van der Waals surface area contributed by atoms with Crippen molar-refractivity contribution in [3.05, 3.63) is 93.8 Å². The monoisotopic (exact) mass is 511 g/mol. The number of hydrogen-bond donors (Lipinski definition) is 0. The lowest BCUT2D eigenvalue weighted by Gasteiger charge is -2.14. The Morgan fingerprint density at radius 2 is 1.48 bits per heavy atom. The number of rotatable bonds is 7. The Morgan fingerprint density at radius 3 is 2.13 bits per heavy atom. The molecule has 1 saturated heterocycles. The lowest BCUT2D eigenvalue weighted by molar-refractivity contribution is -0.113. The number of thioether (sulfide) groups is 1. The molecule has 3 aromatic carbocycles. The molecule has 0 N–H and O–H groups in total. The maximum absolute atomic E-state index is 12.9. The van der Waals surface area contributed by atoms with E-state index >= 15 is 0 Å². The van der Waals surface area contributed by atoms with Gasteiger partial charge in [-0.3, -0.25) is 9.69 Å². The van der Waals surface area contributed by atoms with Crippen LogP contribution in [0.5, 0.6) is 11.5 Å². The number of halogens is 1. The lowest BCUT2D eigenvalue weighted by Crippen LogP contribution is -2.27. The highest BCUT2D eigenvalue weighted by Gasteiger charge is 2.33. The second-order valence-corrected chi connectivity index (χ2v) is 9.16. The molecule has 4 rings (SSSR count). The summed E-state index contributed by atoms with van der Waals surface area (Å²) in [6.07, 6.45) is 1.85. The van der Waals surface area contributed by atoms with Gasteiger partial charge in [0.1, 0.15) is 24.7 Å². The van der Waals surface area contributed by atoms with Crippen molar-refractivity contribution in [1.29, 1.82) is 0 Å². The topological polar surface area (TPSA) is 38.8 Å². The number of ether oxygens (including phenoxy) is 2. The minimum atomic E-state index is -0.115. The van der Waals surface area contributed by atoms with E-state index < -0.39 is 0 Å². The van der Waals surface area contributed by atoms with Crippen LogP contribution in [0.15, 0.2) is 88.2 Å². The Labute approximate surface area is 199 Å². The van der Waals surface area contributed by atoms with Crippen LogP contribution in [0.2, 0.25) is 0 Å². The molecule has 0 unspecified atom stereocenters. The minimum Gasteiger partial charge on any atom is -0.490 e. The smallest absolute Gasteiger partial charge is 0.270 e. The standard InChI is InChI=1S/C24H18BrNO3S2/c25-18-8-10-19(11-9-18)26-23(27)22(31-24(26)30)16-17-6-12-21(13-7-17)29-15-14-28-20-4-2-1-3-5-20/h1-13,16H,14-15H2/b22-16+. The highest BCUT2D eigenvalue weighted by molar-refractivity contribution is 9.10. The first kappa shape index (κ1) is 21.6. The van der Waals surface area contributed by atoms with Gasteiger partial charge < -0.3 is 9.47 Å². The molecule has 1 fully saturated rings. The molecule has 0 saturated carbocycles. The summed E-state index contributed by atoms with van der Waals surface area (Å²) in [7, 11) is 0. The summed E-state index contributed by atoms with van der Waals surface area (Å²) < 4.78 is 12.8. The molecular weight excluding hydrogens is 494 g/mol. The van der Waals surface area contributed by atoms with Gasteiger partial charge in [0.05, 0.1) is 10.6 Å². The van der Waals surface area contributed by atoms with Gasteiger partial charge in [-0.05, 0) is 60.2 Å². The van der Waals surface area contributed by atoms with E-state index in [4.69, 9.17) is 21.7 Å². The van der Waals surface area contributed by atoms with Crippen LogP contribution < -0.4 is 14.4 Å². The molecule has 0 radical (unpaired) electrons. The molecule has 4 nitrogen and oxygen atoms in total. The predicted octanol–water partition coefficient (Wildman–Crippen LogP) is 6.31. The van der Waals surface area contributed by atoms with Crippen LogP contribution in [0.1, 0.15) is 5.56 Å². The molecule has 0 aliphatic carbocycles. The SMILES string of the molecule is O=C1/C(=C\c2ccc(OCCOc3ccccc3)cc2)SC(=S)N1c1ccc(Br)cc1. The number of para-hydroxylation sites is 1. The zero-order chi connectivity index (χ0) is 21.6. The molecule has 0 bridgehead atoms. The molecule has 156 valence electrons. The number of carbonyl (C=O) groups is 1. The van der Waals surface area contributed by atoms with E-state index in [0.29, 0.717) is 22.4 Å². The molecule has 0 atom stereocenters. The van der Waals surface area contributed by atoms with E-state index in [1.165, 1.54) is 11.8 Å². The average Bonchev–Trinajstić information content (AvgIpc) is 3.06. The normalized spacial score (nSPS) is 14.9. The molecule has 1 amide bonds. The van der Waals surface area contributed by atoms with Gasteiger partial charge in [0.2, 0.25) is 0 Å². The fraction of sp³-hybridized carbons (Fsp3) is 0.0833. The first-order valence-electron chi connectivity index (χ1n) is 9.54. The third kappa shape index (κ3) is 5.55. The van der Waals surface area contributed by atoms with Crippen LogP contribution in [0.25, 0.3) is 6.08 Å². The van der Waals surface area contributed by atoms with Crippen molar-refractivity contribution >= 4 is 61.9 Å². The quantitative estimate of drug-likeness (QED) is 0.211. The number of benzene rings is 3. The number of amides is 1. The summed E-state index contributed by atoms with van der Waals surface area (Å²) in [6.45, 7) is 0.907. The van der Waals surface area contributed by atoms with Crippen molar-refractivity contribution in [3.63, 3.8) is 0 Å². The first-order valence-corrected chi connectivity index (χ1v) is 11.6. The number of nitrogens with zero attached hydrogens (tertiary/aromatic N) is 1. The van der Waals surface area contributed by atoms with Crippen molar-refractivity contribution in [3.8, 4) is 11.5 Å². The van der Waals surface area contributed by atoms with Gasteiger partial charge in [0.25, 0.3) is 5.91 Å². The third-order valence-corrected chi connectivity index (χ3v) is 6.25. The van der Waals surface area contributed by atoms with Crippen LogP contribution in [-0.4, -0.2) is 23.4 Å². The van der Waals surface area contributed by atoms with E-state index in [1.54, 1.807) is 4.90 Å². The first-order chi connectivity index (χ1) is 15.1. The van der Waals surface area contributed by atoms with E-state index in [2.05, 4.69) is 15.9 Å². The largest absolute Gasteiger partial charge is 0.490 e. The Kier molecular flexibility index (Phi) is 7.06. The Hall–Kier alpha value is -2.61. The predicted molar refractivity (Wildman–Crippen MR) is 134 cm³/mol. The fourth-order valence-electron chi connectivity index (χ4n) is 2.93. The van der Waals surface area contributed by atoms with Crippen LogP contribution in [0.3, 0.4) is 0 Å². The average molecular weight is 512 g/mol. The summed E-state index contributed by atoms with van der Waals surface area (Å²) in [5.41, 5.74) is 1.67. The van der Waals surface area contributed by atoms with Crippen LogP contribution in [0.4, 0.5) is 5.69 Å². The zero-order valence-corrected chi connectivity index (χ0v) is 19.6. The van der Waals surface area contributed by atoms with Crippen molar-refractivity contribution in [2.75, 3.05) is 18.1 Å². The number of anilines is 1. The molecule has 1 heterocycles. The van der Waals surface area contributed by atoms with E-state index in [-0.39, 0.29) is 5.91 Å². The fourth-order valence-corrected chi connectivity index (χ4v) is 4.49. The van der Waals surface area contributed by atoms with E-state index in [9.17, 15) is 4.79 Å². The van der Waals surface area contributed by atoms with Crippen LogP contribution in [0, 0.1) is 0 Å². The van der Waals surface area contributed by atoms with Crippen molar-refractivity contribution in [2.45, 2.75) is 0 Å². The van der Waals surface area contributed by atoms with Gasteiger partial charge in [0.15, 0.2) is 4.32 Å². The van der Waals surface area contributed by atoms with Crippen LogP contribution in [-0.2, 0) is 4.79 Å². The second-order valence-electron chi connectivity index (χ2n) is 6.57. The molecule has 7 heteroatoms. The van der Waals surface area contributed by atoms with E-state index in [1.807, 2.05) is 84.9 Å². The summed E-state index contributed by atoms with van der Waals surface area (Å²) in [6, 6.07) is 24.7. The van der Waals surface area contributed by atoms with Crippen LogP contribution >= 0.6 is 39.9 Å². The summed E-state index contributed by atoms with van der Waals surface area (Å²) in [4.78, 5) is 15.0. The van der Waals surface area contributed by atoms with Gasteiger partial charge in [-0.1, -0.05) is 70.2 Å². The van der Waals surface area contributed by atoms with Crippen molar-refractivity contribution < 1.29 is 14.3 Å². The third-order valence-electron chi connectivity index (χ3n) is 4.42. The molecular formula is C24H18BrNO3S2. The minimum absolute atomic E-state index is 0.115. The molecule has 0 spiro atoms. The number of hydrogen-bond acceptors (Lipinski definition) is 5. The molecule has 1 aliphatic rings. The van der Waals surface area contributed by atoms with Gasteiger partial charge in [-0.15, -0.1) is 0 Å². The number of carbonyl (C=O) groups excluding carboxylic acids is 1. The van der Waals surface area contributed by atoms with E-state index in [0.717, 1.165) is 27.2 Å². The Morgan fingerprint density at radius 1 is 0.871 bits per heavy atom. The maximum atomic E-state index is 12.9.